The maximum Gasteiger partial charge on any atom is 0.264 e. The molecule has 2 fully saturated rings. The second-order valence-corrected chi connectivity index (χ2v) is 10.4. The summed E-state index contributed by atoms with van der Waals surface area (Å²) in [6.45, 7) is 2.96. The Bertz CT molecular complexity index is 1350. The number of likely N-dealkylation sites (tertiary alicyclic amines) is 1. The Morgan fingerprint density at radius 3 is 2.41 bits per heavy atom. The number of fused-ring (bicyclic) bond motifs is 1. The average molecular weight is 531 g/mol. The summed E-state index contributed by atoms with van der Waals surface area (Å²) in [4.78, 5) is 77.1. The van der Waals surface area contributed by atoms with Crippen LogP contribution in [0.4, 0.5) is 5.69 Å². The standard InChI is InChI=1S/C29H30N4O6/c1-17(27(37)32-13-11-19(12-14-32)15-18-5-7-20(16-34)8-6-18)30-22-4-2-3-21-25(22)29(39)33(28(21)38)23-9-10-24(35)31-26(23)36/h2-8,16-17,19,23,30H,9-15H2,1H3,(H,31,35,36). The van der Waals surface area contributed by atoms with Gasteiger partial charge in [-0.1, -0.05) is 30.3 Å². The predicted octanol–water partition coefficient (Wildman–Crippen LogP) is 2.18. The number of hydrogen-bond acceptors (Lipinski definition) is 7. The van der Waals surface area contributed by atoms with Gasteiger partial charge < -0.3 is 10.2 Å². The van der Waals surface area contributed by atoms with E-state index in [0.29, 0.717) is 30.3 Å². The fourth-order valence-corrected chi connectivity index (χ4v) is 5.63. The van der Waals surface area contributed by atoms with Gasteiger partial charge in [0.05, 0.1) is 11.1 Å². The first-order valence-corrected chi connectivity index (χ1v) is 13.2. The van der Waals surface area contributed by atoms with Crippen LogP contribution < -0.4 is 10.6 Å². The van der Waals surface area contributed by atoms with Crippen LogP contribution in [0, 0.1) is 5.92 Å². The molecule has 2 atom stereocenters. The normalized spacial score (nSPS) is 20.5. The van der Waals surface area contributed by atoms with Gasteiger partial charge in [-0.2, -0.15) is 0 Å². The quantitative estimate of drug-likeness (QED) is 0.414. The van der Waals surface area contributed by atoms with Gasteiger partial charge in [-0.3, -0.25) is 39.0 Å². The van der Waals surface area contributed by atoms with Crippen molar-refractivity contribution in [3.8, 4) is 0 Å². The number of anilines is 1. The number of carbonyl (C=O) groups is 6. The summed E-state index contributed by atoms with van der Waals surface area (Å²) in [5.41, 5.74) is 2.47. The van der Waals surface area contributed by atoms with Gasteiger partial charge in [-0.15, -0.1) is 0 Å². The van der Waals surface area contributed by atoms with Crippen molar-refractivity contribution >= 4 is 41.5 Å². The minimum Gasteiger partial charge on any atom is -0.373 e. The molecular weight excluding hydrogens is 500 g/mol. The van der Waals surface area contributed by atoms with Crippen molar-refractivity contribution in [2.45, 2.75) is 51.1 Å². The van der Waals surface area contributed by atoms with Gasteiger partial charge in [0.1, 0.15) is 18.4 Å². The highest BCUT2D eigenvalue weighted by Gasteiger charge is 2.45. The van der Waals surface area contributed by atoms with Gasteiger partial charge in [0, 0.05) is 30.8 Å². The first kappa shape index (κ1) is 26.3. The van der Waals surface area contributed by atoms with Crippen LogP contribution in [0.25, 0.3) is 0 Å². The molecule has 2 aromatic carbocycles. The second-order valence-electron chi connectivity index (χ2n) is 10.4. The lowest BCUT2D eigenvalue weighted by atomic mass is 9.89. The Balaban J connectivity index is 1.21. The van der Waals surface area contributed by atoms with Crippen LogP contribution in [0.15, 0.2) is 42.5 Å². The van der Waals surface area contributed by atoms with Crippen LogP contribution in [0.5, 0.6) is 0 Å². The molecule has 3 aliphatic rings. The molecule has 3 heterocycles. The second kappa shape index (κ2) is 10.8. The van der Waals surface area contributed by atoms with Crippen molar-refractivity contribution in [1.29, 1.82) is 0 Å². The van der Waals surface area contributed by atoms with Crippen molar-refractivity contribution in [2.75, 3.05) is 18.4 Å². The van der Waals surface area contributed by atoms with E-state index in [1.807, 2.05) is 29.2 Å². The van der Waals surface area contributed by atoms with Gasteiger partial charge in [0.25, 0.3) is 11.8 Å². The van der Waals surface area contributed by atoms with E-state index in [9.17, 15) is 28.8 Å². The largest absolute Gasteiger partial charge is 0.373 e. The highest BCUT2D eigenvalue weighted by Crippen LogP contribution is 2.33. The number of rotatable bonds is 7. The van der Waals surface area contributed by atoms with E-state index in [4.69, 9.17) is 0 Å². The Morgan fingerprint density at radius 2 is 1.74 bits per heavy atom. The third-order valence-electron chi connectivity index (χ3n) is 7.78. The summed E-state index contributed by atoms with van der Waals surface area (Å²) >= 11 is 0. The molecule has 2 N–H and O–H groups in total. The van der Waals surface area contributed by atoms with Crippen molar-refractivity contribution in [1.82, 2.24) is 15.1 Å². The smallest absolute Gasteiger partial charge is 0.264 e. The monoisotopic (exact) mass is 530 g/mol. The lowest BCUT2D eigenvalue weighted by molar-refractivity contribution is -0.136. The van der Waals surface area contributed by atoms with E-state index in [2.05, 4.69) is 10.6 Å². The number of carbonyl (C=O) groups excluding carboxylic acids is 6. The highest BCUT2D eigenvalue weighted by atomic mass is 16.2. The molecule has 202 valence electrons. The molecule has 2 saturated heterocycles. The van der Waals surface area contributed by atoms with Crippen LogP contribution >= 0.6 is 0 Å². The number of piperidine rings is 2. The third kappa shape index (κ3) is 5.19. The first-order valence-electron chi connectivity index (χ1n) is 13.2. The molecule has 0 radical (unpaired) electrons. The topological polar surface area (TPSA) is 133 Å². The van der Waals surface area contributed by atoms with Crippen molar-refractivity contribution in [3.63, 3.8) is 0 Å². The van der Waals surface area contributed by atoms with E-state index in [1.54, 1.807) is 19.1 Å². The van der Waals surface area contributed by atoms with Gasteiger partial charge in [-0.05, 0) is 56.2 Å². The summed E-state index contributed by atoms with van der Waals surface area (Å²) in [5, 5.41) is 5.31. The zero-order valence-electron chi connectivity index (χ0n) is 21.6. The van der Waals surface area contributed by atoms with Gasteiger partial charge in [0.2, 0.25) is 17.7 Å². The van der Waals surface area contributed by atoms with E-state index >= 15 is 0 Å². The molecule has 3 aliphatic heterocycles. The molecule has 5 amide bonds. The fourth-order valence-electron chi connectivity index (χ4n) is 5.63. The minimum absolute atomic E-state index is 0.0452. The molecular formula is C29H30N4O6. The minimum atomic E-state index is -1.05. The number of aldehydes is 1. The lowest BCUT2D eigenvalue weighted by Gasteiger charge is -2.34. The predicted molar refractivity (Wildman–Crippen MR) is 141 cm³/mol. The molecule has 0 aromatic heterocycles. The van der Waals surface area contributed by atoms with Crippen LogP contribution in [0.1, 0.15) is 69.2 Å². The average Bonchev–Trinajstić information content (AvgIpc) is 3.19. The van der Waals surface area contributed by atoms with Crippen molar-refractivity contribution in [3.05, 3.63) is 64.7 Å². The van der Waals surface area contributed by atoms with E-state index < -0.39 is 35.7 Å². The summed E-state index contributed by atoms with van der Waals surface area (Å²) in [7, 11) is 0. The Hall–Kier alpha value is -4.34. The molecule has 2 unspecified atom stereocenters. The molecule has 10 nitrogen and oxygen atoms in total. The molecule has 0 bridgehead atoms. The van der Waals surface area contributed by atoms with E-state index in [0.717, 1.165) is 30.4 Å². The van der Waals surface area contributed by atoms with Crippen LogP contribution in [0.2, 0.25) is 0 Å². The Labute approximate surface area is 225 Å². The van der Waals surface area contributed by atoms with Crippen LogP contribution in [-0.4, -0.2) is 70.8 Å². The SMILES string of the molecule is CC(Nc1cccc2c1C(=O)N(C1CCC(=O)NC1=O)C2=O)C(=O)N1CCC(Cc2ccc(C=O)cc2)CC1. The maximum absolute atomic E-state index is 13.3. The van der Waals surface area contributed by atoms with Gasteiger partial charge >= 0.3 is 0 Å². The van der Waals surface area contributed by atoms with Crippen LogP contribution in [0.3, 0.4) is 0 Å². The lowest BCUT2D eigenvalue weighted by Crippen LogP contribution is -2.54. The first-order chi connectivity index (χ1) is 18.8. The van der Waals surface area contributed by atoms with Crippen LogP contribution in [-0.2, 0) is 20.8 Å². The summed E-state index contributed by atoms with van der Waals surface area (Å²) in [6, 6.07) is 10.7. The molecule has 0 aliphatic carbocycles. The molecule has 0 spiro atoms. The summed E-state index contributed by atoms with van der Waals surface area (Å²) in [5.74, 6) is -1.96. The number of amides is 5. The number of hydrogen-bond donors (Lipinski definition) is 2. The zero-order valence-corrected chi connectivity index (χ0v) is 21.6. The number of imide groups is 2. The number of nitrogens with one attached hydrogen (secondary N) is 2. The van der Waals surface area contributed by atoms with Crippen molar-refractivity contribution < 1.29 is 28.8 Å². The van der Waals surface area contributed by atoms with Gasteiger partial charge in [0.15, 0.2) is 0 Å². The van der Waals surface area contributed by atoms with E-state index in [1.165, 1.54) is 11.6 Å². The molecule has 2 aromatic rings. The highest BCUT2D eigenvalue weighted by molar-refractivity contribution is 6.25. The number of benzene rings is 2. The number of nitrogens with zero attached hydrogens (tertiary/aromatic N) is 2. The molecule has 0 saturated carbocycles. The van der Waals surface area contributed by atoms with Crippen molar-refractivity contribution in [2.24, 2.45) is 5.92 Å². The Morgan fingerprint density at radius 1 is 1.03 bits per heavy atom. The molecule has 5 rings (SSSR count). The molecule has 39 heavy (non-hydrogen) atoms. The van der Waals surface area contributed by atoms with E-state index in [-0.39, 0.29) is 29.9 Å². The van der Waals surface area contributed by atoms with Gasteiger partial charge in [-0.25, -0.2) is 0 Å². The summed E-state index contributed by atoms with van der Waals surface area (Å²) in [6.07, 6.45) is 3.57. The summed E-state index contributed by atoms with van der Waals surface area (Å²) < 4.78 is 0. The Kier molecular flexibility index (Phi) is 7.28. The fraction of sp³-hybridized carbons (Fsp3) is 0.379. The zero-order chi connectivity index (χ0) is 27.7. The molecule has 10 heteroatoms. The third-order valence-corrected chi connectivity index (χ3v) is 7.78. The maximum atomic E-state index is 13.3.